The van der Waals surface area contributed by atoms with Gasteiger partial charge in [-0.2, -0.15) is 0 Å². The van der Waals surface area contributed by atoms with E-state index in [1.807, 2.05) is 24.3 Å². The quantitative estimate of drug-likeness (QED) is 0.0889. The van der Waals surface area contributed by atoms with Gasteiger partial charge in [0, 0.05) is 106 Å². The number of hydrogen-bond acceptors (Lipinski definition) is 8. The normalized spacial score (nSPS) is 12.9. The minimum atomic E-state index is -1.06. The number of carbonyl (C=O) groups is 2. The van der Waals surface area contributed by atoms with Crippen molar-refractivity contribution in [1.29, 1.82) is 0 Å². The van der Waals surface area contributed by atoms with Crippen LogP contribution >= 0.6 is 35.6 Å². The summed E-state index contributed by atoms with van der Waals surface area (Å²) >= 11 is 10.6. The van der Waals surface area contributed by atoms with Gasteiger partial charge < -0.3 is 28.3 Å². The Balaban J connectivity index is -0.000000219. The molecule has 0 N–H and O–H groups in total. The van der Waals surface area contributed by atoms with E-state index in [9.17, 15) is 9.59 Å². The van der Waals surface area contributed by atoms with Gasteiger partial charge in [0.05, 0.1) is 17.8 Å². The van der Waals surface area contributed by atoms with Crippen molar-refractivity contribution >= 4 is 155 Å². The highest BCUT2D eigenvalue weighted by Gasteiger charge is 2.51. The van der Waals surface area contributed by atoms with Crippen LogP contribution in [0.5, 0.6) is 5.75 Å². The lowest BCUT2D eigenvalue weighted by Crippen LogP contribution is -2.43. The molecule has 8 nitrogen and oxygen atoms in total. The van der Waals surface area contributed by atoms with Gasteiger partial charge in [0.2, 0.25) is 0 Å². The highest BCUT2D eigenvalue weighted by molar-refractivity contribution is 7.81. The van der Waals surface area contributed by atoms with Crippen LogP contribution in [0.1, 0.15) is 129 Å². The third kappa shape index (κ3) is 41.2. The average molecular weight is 857 g/mol. The molecule has 25 heteroatoms. The average Bonchev–Trinajstić information content (AvgIpc) is 3.31. The molecule has 1 heterocycles. The molecule has 1 aromatic carbocycles. The fourth-order valence-corrected chi connectivity index (χ4v) is 3.57. The molecule has 0 saturated carbocycles. The van der Waals surface area contributed by atoms with Gasteiger partial charge in [0.1, 0.15) is 17.0 Å². The highest BCUT2D eigenvalue weighted by atomic mass is 35.5. The van der Waals surface area contributed by atoms with Gasteiger partial charge in [-0.05, 0) is 106 Å². The smallest absolute Gasteiger partial charge is 0.494 e. The lowest BCUT2D eigenvalue weighted by molar-refractivity contribution is -0.0293. The van der Waals surface area contributed by atoms with Crippen LogP contribution < -0.4 is 10.2 Å². The summed E-state index contributed by atoms with van der Waals surface area (Å²) < 4.78 is 31.5. The molecule has 0 atom stereocenters. The van der Waals surface area contributed by atoms with Crippen LogP contribution in [0.4, 0.5) is 9.59 Å². The fourth-order valence-electron chi connectivity index (χ4n) is 3.04. The van der Waals surface area contributed by atoms with Gasteiger partial charge in [-0.15, -0.1) is 35.6 Å². The maximum Gasteiger partial charge on any atom is 0.519 e. The van der Waals surface area contributed by atoms with Gasteiger partial charge in [0.15, 0.2) is 0 Å². The Labute approximate surface area is 390 Å². The van der Waals surface area contributed by atoms with Crippen molar-refractivity contribution in [2.24, 2.45) is 0 Å². The van der Waals surface area contributed by atoms with E-state index in [0.717, 1.165) is 55.3 Å². The first-order chi connectivity index (χ1) is 26.5. The molecule has 1 aromatic rings. The van der Waals surface area contributed by atoms with Crippen LogP contribution in [0.15, 0.2) is 24.3 Å². The molecule has 59 heavy (non-hydrogen) atoms. The van der Waals surface area contributed by atoms with E-state index < -0.39 is 42.7 Å². The van der Waals surface area contributed by atoms with E-state index in [1.54, 1.807) is 41.5 Å². The molecule has 2 rings (SSSR count). The number of hydrogen-bond donors (Lipinski definition) is 0. The van der Waals surface area contributed by atoms with Crippen molar-refractivity contribution in [1.82, 2.24) is 0 Å². The number of rotatable bonds is 12. The first kappa shape index (κ1) is 67.5. The van der Waals surface area contributed by atoms with Crippen molar-refractivity contribution in [3.8, 4) is 5.75 Å². The number of halogens is 3. The SMILES string of the molecule is CC(C)(C)OC(=O)OC(=O)OC(C)(C)C.CCCCCl.CCCCCl.CCCCOc1ccc(B2OC(C)(C)C(C)(C)O2)cc1.Cl.[B]B([B])B([B])[B].[B][B]B([B])B([B])[B]. The number of benzene rings is 1. The first-order valence-corrected chi connectivity index (χ1v) is 20.8. The Morgan fingerprint density at radius 3 is 1.27 bits per heavy atom. The van der Waals surface area contributed by atoms with Crippen molar-refractivity contribution in [3.63, 3.8) is 0 Å². The monoisotopic (exact) mass is 857 g/mol. The minimum Gasteiger partial charge on any atom is -0.494 e. The standard InChI is InChI=1S/C16H25BO3.C10H18O5.2C4H9Cl.B7.B6.ClH/c1-6-7-12-18-14-10-8-13(9-11-14)17-19-15(2,3)16(4,5)20-17;1-9(2,3)14-7(11)13-8(12)15-10(4,5)6;2*1-2-3-4-5;1-5-7(4)6(2)3;1-5(2)6(3)4;/h8-11H,6-7,12H2,1-5H3;1-6H3;2*2-4H2,1H3;;;1H. The highest BCUT2D eigenvalue weighted by Crippen LogP contribution is 2.36. The summed E-state index contributed by atoms with van der Waals surface area (Å²) in [5, 5.41) is 0. The lowest BCUT2D eigenvalue weighted by atomic mass is 8.76. The second kappa shape index (κ2) is 36.9. The summed E-state index contributed by atoms with van der Waals surface area (Å²) in [4.78, 5) is 22.0. The zero-order valence-corrected chi connectivity index (χ0v) is 40.5. The predicted molar refractivity (Wildman–Crippen MR) is 269 cm³/mol. The van der Waals surface area contributed by atoms with Crippen LogP contribution in [0.2, 0.25) is 0 Å². The summed E-state index contributed by atoms with van der Waals surface area (Å²) in [7, 11) is 41.1. The summed E-state index contributed by atoms with van der Waals surface area (Å²) in [6.07, 6.45) is 2.73. The van der Waals surface area contributed by atoms with E-state index in [0.29, 0.717) is 0 Å². The molecule has 0 bridgehead atoms. The summed E-state index contributed by atoms with van der Waals surface area (Å²) in [5.41, 5.74) is -0.952. The van der Waals surface area contributed by atoms with E-state index >= 15 is 0 Å². The molecule has 1 saturated heterocycles. The third-order valence-electron chi connectivity index (χ3n) is 7.20. The van der Waals surface area contributed by atoms with E-state index in [4.69, 9.17) is 109 Å². The number of unbranched alkanes of at least 4 members (excludes halogenated alkanes) is 3. The zero-order chi connectivity index (χ0) is 46.3. The Morgan fingerprint density at radius 1 is 0.695 bits per heavy atom. The molecule has 0 aliphatic carbocycles. The molecule has 1 aliphatic rings. The second-order valence-corrected chi connectivity index (χ2v) is 16.7. The van der Waals surface area contributed by atoms with Gasteiger partial charge in [-0.1, -0.05) is 52.2 Å². The fraction of sp³-hybridized carbons (Fsp3) is 0.765. The molecular formula is C34H62B14Cl3O8. The molecule has 0 amide bonds. The van der Waals surface area contributed by atoms with Gasteiger partial charge in [-0.3, -0.25) is 0 Å². The summed E-state index contributed by atoms with van der Waals surface area (Å²) in [5.74, 6) is 2.53. The van der Waals surface area contributed by atoms with Crippen LogP contribution in [0, 0.1) is 0 Å². The maximum atomic E-state index is 11.0. The molecule has 309 valence electrons. The number of alkyl halides is 2. The van der Waals surface area contributed by atoms with Crippen molar-refractivity contribution in [2.75, 3.05) is 18.4 Å². The van der Waals surface area contributed by atoms with Crippen LogP contribution in [0.25, 0.3) is 0 Å². The van der Waals surface area contributed by atoms with Crippen molar-refractivity contribution in [3.05, 3.63) is 24.3 Å². The van der Waals surface area contributed by atoms with Crippen molar-refractivity contribution < 1.29 is 37.8 Å². The number of carbonyl (C=O) groups excluding carboxylic acids is 2. The molecular weight excluding hydrogens is 794 g/mol. The largest absolute Gasteiger partial charge is 0.519 e. The Bertz CT molecular complexity index is 1110. The van der Waals surface area contributed by atoms with Crippen LogP contribution in [-0.4, -0.2) is 155 Å². The van der Waals surface area contributed by atoms with Crippen LogP contribution in [-0.2, 0) is 23.5 Å². The van der Waals surface area contributed by atoms with Crippen LogP contribution in [0.3, 0.4) is 0 Å². The maximum absolute atomic E-state index is 11.0. The van der Waals surface area contributed by atoms with E-state index in [1.165, 1.54) is 19.9 Å². The molecule has 17 radical (unpaired) electrons. The molecule has 0 unspecified atom stereocenters. The first-order valence-electron chi connectivity index (χ1n) is 19.7. The number of ether oxygens (including phenoxy) is 4. The lowest BCUT2D eigenvalue weighted by Gasteiger charge is -2.32. The van der Waals surface area contributed by atoms with Gasteiger partial charge in [-0.25, -0.2) is 9.59 Å². The van der Waals surface area contributed by atoms with Gasteiger partial charge >= 0.3 is 19.4 Å². The Morgan fingerprint density at radius 2 is 1.05 bits per heavy atom. The van der Waals surface area contributed by atoms with Gasteiger partial charge in [0.25, 0.3) is 0 Å². The second-order valence-electron chi connectivity index (χ2n) is 16.0. The molecule has 1 fully saturated rings. The van der Waals surface area contributed by atoms with E-state index in [-0.39, 0.29) is 37.1 Å². The predicted octanol–water partition coefficient (Wildman–Crippen LogP) is 5.56. The third-order valence-corrected chi connectivity index (χ3v) is 7.74. The molecule has 0 spiro atoms. The Hall–Kier alpha value is -0.541. The Kier molecular flexibility index (Phi) is 42.2. The zero-order valence-electron chi connectivity index (χ0n) is 38.2. The topological polar surface area (TPSA) is 89.5 Å². The molecule has 1 aliphatic heterocycles. The summed E-state index contributed by atoms with van der Waals surface area (Å²) in [6.45, 7) is 25.5. The molecule has 0 aromatic heterocycles. The van der Waals surface area contributed by atoms with Crippen molar-refractivity contribution in [2.45, 2.75) is 151 Å². The van der Waals surface area contributed by atoms with E-state index in [2.05, 4.69) is 53.2 Å². The minimum absolute atomic E-state index is 0. The summed E-state index contributed by atoms with van der Waals surface area (Å²) in [6, 6.07) is 8.00.